The van der Waals surface area contributed by atoms with Gasteiger partial charge in [-0.3, -0.25) is 49.4 Å². The number of hydrogen-bond acceptors (Lipinski definition) is 27. The third kappa shape index (κ3) is 36.7. The minimum Gasteiger partial charge on any atom is -0.731 e. The van der Waals surface area contributed by atoms with E-state index in [1.807, 2.05) is 88.6 Å². The van der Waals surface area contributed by atoms with E-state index in [0.717, 1.165) is 85.7 Å². The lowest BCUT2D eigenvalue weighted by Gasteiger charge is -2.27. The highest BCUT2D eigenvalue weighted by molar-refractivity contribution is 7.87. The number of hydrogen-bond donors (Lipinski definition) is 9. The maximum Gasteiger partial charge on any atom is 0.408 e. The number of aryl methyl sites for hydroxylation is 4. The summed E-state index contributed by atoms with van der Waals surface area (Å²) in [4.78, 5) is 126. The summed E-state index contributed by atoms with van der Waals surface area (Å²) in [5, 5.41) is 60.4. The minimum atomic E-state index is -4.62. The quantitative estimate of drug-likeness (QED) is 0.00798. The van der Waals surface area contributed by atoms with Gasteiger partial charge in [0.2, 0.25) is 17.7 Å². The van der Waals surface area contributed by atoms with Gasteiger partial charge in [-0.15, -0.1) is 45.3 Å². The summed E-state index contributed by atoms with van der Waals surface area (Å²) in [6.07, 6.45) is 2.98. The second-order valence-electron chi connectivity index (χ2n) is 31.9. The van der Waals surface area contributed by atoms with E-state index < -0.39 is 96.4 Å². The molecule has 0 radical (unpaired) electrons. The van der Waals surface area contributed by atoms with E-state index in [4.69, 9.17) is 19.9 Å². The Bertz CT molecular complexity index is 4630. The van der Waals surface area contributed by atoms with Gasteiger partial charge in [0.15, 0.2) is 10.3 Å². The molecule has 121 heavy (non-hydrogen) atoms. The van der Waals surface area contributed by atoms with Crippen LogP contribution in [0.2, 0.25) is 0 Å². The molecule has 8 rings (SSSR count). The lowest BCUT2D eigenvalue weighted by atomic mass is 10.0. The van der Waals surface area contributed by atoms with E-state index in [1.54, 1.807) is 122 Å². The molecule has 4 aromatic carbocycles. The Hall–Kier alpha value is -10.5. The zero-order valence-corrected chi connectivity index (χ0v) is 76.2. The van der Waals surface area contributed by atoms with Crippen LogP contribution in [0.4, 0.5) is 37.1 Å². The van der Waals surface area contributed by atoms with Gasteiger partial charge in [0, 0.05) is 63.6 Å². The summed E-state index contributed by atoms with van der Waals surface area (Å²) in [6.45, 7) is 34.8. The Labute approximate surface area is 722 Å². The fraction of sp³-hybridized carbons (Fsp3) is 0.488. The molecule has 0 fully saturated rings. The van der Waals surface area contributed by atoms with Crippen LogP contribution >= 0.6 is 45.3 Å². The van der Waals surface area contributed by atoms with Gasteiger partial charge in [-0.1, -0.05) is 118 Å². The number of amides is 6. The molecule has 0 aliphatic rings. The summed E-state index contributed by atoms with van der Waals surface area (Å²) in [7, 11) is -4.62. The Kier molecular flexibility index (Phi) is 40.4. The van der Waals surface area contributed by atoms with Crippen LogP contribution in [-0.4, -0.2) is 119 Å². The minimum absolute atomic E-state index is 0. The van der Waals surface area contributed by atoms with Crippen LogP contribution in [0.15, 0.2) is 119 Å². The number of nitrogens with one attached hydrogen (secondary N) is 7. The zero-order valence-electron chi connectivity index (χ0n) is 72.1. The molecule has 8 aromatic rings. The monoisotopic (exact) mass is 1770 g/mol. The number of non-ortho nitro benzene ring substituents is 3. The number of benzene rings is 4. The van der Waals surface area contributed by atoms with Gasteiger partial charge in [-0.25, -0.2) is 42.7 Å². The molecule has 6 amide bonds. The first kappa shape index (κ1) is 103. The number of rotatable bonds is 33. The average molecular weight is 1770 g/mol. The molecule has 0 saturated heterocycles. The van der Waals surface area contributed by atoms with Gasteiger partial charge in [-0.05, 0) is 166 Å². The molecule has 0 aliphatic carbocycles. The van der Waals surface area contributed by atoms with E-state index >= 15 is 0 Å². The highest BCUT2D eigenvalue weighted by atomic mass is 32.2. The Morgan fingerprint density at radius 2 is 0.636 bits per heavy atom. The van der Waals surface area contributed by atoms with Crippen molar-refractivity contribution in [2.45, 2.75) is 242 Å². The molecular formula is C82H116N16O18S5. The lowest BCUT2D eigenvalue weighted by Crippen LogP contribution is -2.51. The molecule has 4 aromatic heterocycles. The predicted octanol–water partition coefficient (Wildman–Crippen LogP) is 15.9. The second kappa shape index (κ2) is 47.6. The van der Waals surface area contributed by atoms with Crippen LogP contribution in [0.5, 0.6) is 0 Å². The van der Waals surface area contributed by atoms with Crippen molar-refractivity contribution in [1.82, 2.24) is 58.0 Å². The van der Waals surface area contributed by atoms with Gasteiger partial charge in [0.1, 0.15) is 55.0 Å². The Morgan fingerprint density at radius 1 is 0.405 bits per heavy atom. The van der Waals surface area contributed by atoms with Crippen molar-refractivity contribution in [3.63, 3.8) is 0 Å². The smallest absolute Gasteiger partial charge is 0.408 e. The summed E-state index contributed by atoms with van der Waals surface area (Å²) in [5.74, 6) is -1.64. The van der Waals surface area contributed by atoms with Crippen molar-refractivity contribution in [3.8, 4) is 0 Å². The molecule has 4 heterocycles. The normalized spacial score (nSPS) is 13.2. The fourth-order valence-electron chi connectivity index (χ4n) is 11.0. The first-order valence-corrected chi connectivity index (χ1v) is 43.9. The number of nitrogens with two attached hydrogens (primary N) is 1. The van der Waals surface area contributed by atoms with Gasteiger partial charge < -0.3 is 62.5 Å². The van der Waals surface area contributed by atoms with Crippen LogP contribution in [-0.2, 0) is 90.3 Å². The number of nitro benzene ring substituents is 3. The molecule has 0 aliphatic heterocycles. The molecule has 13 N–H and O–H groups in total. The van der Waals surface area contributed by atoms with Crippen LogP contribution in [0.1, 0.15) is 221 Å². The summed E-state index contributed by atoms with van der Waals surface area (Å²) in [6, 6.07) is 21.2. The maximum absolute atomic E-state index is 13.2. The Balaban J connectivity index is 0.000000344. The zero-order chi connectivity index (χ0) is 89.7. The highest BCUT2D eigenvalue weighted by Gasteiger charge is 2.34. The molecule has 0 unspecified atom stereocenters. The van der Waals surface area contributed by atoms with Crippen molar-refractivity contribution < 1.29 is 70.7 Å². The molecule has 0 spiro atoms. The number of anilines is 1. The van der Waals surface area contributed by atoms with Crippen LogP contribution in [0.25, 0.3) is 0 Å². The second-order valence-corrected chi connectivity index (χ2v) is 36.5. The first-order valence-electron chi connectivity index (χ1n) is 39.0. The van der Waals surface area contributed by atoms with Crippen molar-refractivity contribution in [2.75, 3.05) is 4.72 Å². The summed E-state index contributed by atoms with van der Waals surface area (Å²) in [5.41, 5.74) is 11.5. The summed E-state index contributed by atoms with van der Waals surface area (Å²) >= 11 is 5.89. The number of thiazole rings is 4. The SMILES string of the molecule is CCc1csc([C@@H](N)Cc2ccc([N+](=O)[O-])cc2)n1.CCc1csc([C@H](Cc2ccc(NS(=O)(=O)[O-])cc2)NC(=O)[C@@H](NC(=O)OC(C)(C)C)C(C)C)n1.CCc1csc([C@H](Cc2ccc([N+](=O)[O-])cc2)NC(=O)[C@@H](NC(=O)OC(C)(C)C)C(C)C)n1.CCc1csc([C@H](Cc2ccc([N+](=O)[O-])cc2)NC(=O)[C@@H](NC(=O)OC(C)(C)C)C(C)C)n1.[NH4+]. The molecule has 0 bridgehead atoms. The number of aromatic nitrogens is 4. The number of nitrogens with zero attached hydrogens (tertiary/aromatic N) is 7. The van der Waals surface area contributed by atoms with Crippen molar-refractivity contribution in [2.24, 2.45) is 23.5 Å². The van der Waals surface area contributed by atoms with Gasteiger partial charge >= 0.3 is 18.3 Å². The molecular weight excluding hydrogens is 1660 g/mol. The van der Waals surface area contributed by atoms with Crippen LogP contribution < -0.4 is 48.5 Å². The summed E-state index contributed by atoms with van der Waals surface area (Å²) < 4.78 is 50.5. The largest absolute Gasteiger partial charge is 0.731 e. The number of carbonyl (C=O) groups excluding carboxylic acids is 6. The lowest BCUT2D eigenvalue weighted by molar-refractivity contribution is -0.385. The molecule has 34 nitrogen and oxygen atoms in total. The van der Waals surface area contributed by atoms with Gasteiger partial charge in [0.25, 0.3) is 17.1 Å². The third-order valence-corrected chi connectivity index (χ3v) is 21.7. The van der Waals surface area contributed by atoms with Crippen molar-refractivity contribution in [3.05, 3.63) is 214 Å². The van der Waals surface area contributed by atoms with E-state index in [0.29, 0.717) is 30.7 Å². The van der Waals surface area contributed by atoms with E-state index in [9.17, 15) is 72.1 Å². The molecule has 662 valence electrons. The van der Waals surface area contributed by atoms with Crippen LogP contribution in [0.3, 0.4) is 0 Å². The number of quaternary nitrogens is 1. The predicted molar refractivity (Wildman–Crippen MR) is 469 cm³/mol. The Morgan fingerprint density at radius 3 is 0.851 bits per heavy atom. The van der Waals surface area contributed by atoms with Crippen molar-refractivity contribution in [1.29, 1.82) is 0 Å². The first-order chi connectivity index (χ1) is 56.0. The third-order valence-electron chi connectivity index (χ3n) is 17.2. The number of nitro groups is 3. The van der Waals surface area contributed by atoms with E-state index in [2.05, 4.69) is 58.8 Å². The maximum atomic E-state index is 13.2. The van der Waals surface area contributed by atoms with Gasteiger partial charge in [-0.2, -0.15) is 0 Å². The van der Waals surface area contributed by atoms with Crippen LogP contribution in [0, 0.1) is 48.1 Å². The van der Waals surface area contributed by atoms with Gasteiger partial charge in [0.05, 0.1) is 61.7 Å². The molecule has 7 atom stereocenters. The average Bonchev–Trinajstić information content (AvgIpc) is 1.79. The van der Waals surface area contributed by atoms with E-state index in [-0.39, 0.29) is 70.4 Å². The molecule has 39 heteroatoms. The topological polar surface area (TPSA) is 515 Å². The van der Waals surface area contributed by atoms with Crippen molar-refractivity contribution >= 4 is 114 Å². The van der Waals surface area contributed by atoms with E-state index in [1.165, 1.54) is 82.5 Å². The highest BCUT2D eigenvalue weighted by Crippen LogP contribution is 2.30. The fourth-order valence-corrected chi connectivity index (χ4v) is 15.2. The number of ether oxygens (including phenoxy) is 3. The number of alkyl carbamates (subject to hydrolysis) is 3. The standard InChI is InChI=1S/C23H34N4O6S2.2C23H32N4O5S.C13H15N3O2S.H3N/c1-7-16-13-34-21(24-16)18(12-15-8-10-17(11-9-15)27-35(30,31)32)25-20(28)19(14(2)3)26-22(29)33-23(4,5)6;2*1-7-16-13-33-21(24-16)18(12-15-8-10-17(11-9-15)27(30)31)25-20(28)19(14(2)3)26-22(29)32-23(4,5)6;1-2-10-8-19-13(15-10)12(14)7-9-3-5-11(6-4-9)16(17)18;/h8-11,13-14,18-19,27H,7,12H2,1-6H3,(H,25,28)(H,26,29)(H,30,31,32);2*8-11,13-14,18-19H,7,12H2,1-6H3,(H,25,28)(H,26,29);3-6,8,12H,2,7,14H2,1H3;1H3/t3*18-,19-;12-;/m0000./s1. The molecule has 0 saturated carbocycles. The number of carbonyl (C=O) groups is 6.